The first-order chi connectivity index (χ1) is 17.2. The molecule has 1 fully saturated rings. The highest BCUT2D eigenvalue weighted by Crippen LogP contribution is 2.27. The van der Waals surface area contributed by atoms with E-state index in [0.29, 0.717) is 23.5 Å². The van der Waals surface area contributed by atoms with E-state index in [2.05, 4.69) is 42.0 Å². The molecule has 5 aromatic rings. The third-order valence-electron chi connectivity index (χ3n) is 6.50. The predicted octanol–water partition coefficient (Wildman–Crippen LogP) is 3.53. The van der Waals surface area contributed by atoms with Crippen molar-refractivity contribution in [1.29, 1.82) is 0 Å². The van der Waals surface area contributed by atoms with Gasteiger partial charge in [-0.25, -0.2) is 0 Å². The summed E-state index contributed by atoms with van der Waals surface area (Å²) in [6.07, 6.45) is 2.47. The lowest BCUT2D eigenvalue weighted by atomic mass is 10.2. The highest BCUT2D eigenvalue weighted by Gasteiger charge is 2.21. The monoisotopic (exact) mass is 486 g/mol. The van der Waals surface area contributed by atoms with E-state index in [1.54, 1.807) is 16.3 Å². The molecule has 0 atom stereocenters. The molecular weight excluding hydrogens is 460 g/mol. The van der Waals surface area contributed by atoms with Crippen LogP contribution in [-0.4, -0.2) is 51.9 Å². The van der Waals surface area contributed by atoms with Crippen molar-refractivity contribution in [2.24, 2.45) is 0 Å². The van der Waals surface area contributed by atoms with Crippen LogP contribution in [-0.2, 0) is 18.8 Å². The third-order valence-corrected chi connectivity index (χ3v) is 7.42. The second kappa shape index (κ2) is 9.27. The Morgan fingerprint density at radius 2 is 1.63 bits per heavy atom. The minimum atomic E-state index is -0.0439. The third kappa shape index (κ3) is 3.92. The van der Waals surface area contributed by atoms with Gasteiger partial charge in [0.25, 0.3) is 5.56 Å². The fraction of sp³-hybridized carbons (Fsp3) is 0.320. The molecule has 2 aromatic carbocycles. The van der Waals surface area contributed by atoms with E-state index in [4.69, 9.17) is 0 Å². The molecule has 1 saturated heterocycles. The molecule has 0 spiro atoms. The molecule has 178 valence electrons. The largest absolute Gasteiger partial charge is 0.296 e. The average Bonchev–Trinajstić information content (AvgIpc) is 3.65. The number of hydrogen-bond donors (Lipinski definition) is 0. The molecule has 0 bridgehead atoms. The van der Waals surface area contributed by atoms with Crippen LogP contribution in [0.3, 0.4) is 0 Å². The van der Waals surface area contributed by atoms with Crippen LogP contribution >= 0.6 is 11.8 Å². The summed E-state index contributed by atoms with van der Waals surface area (Å²) in [4.78, 5) is 15.4. The van der Waals surface area contributed by atoms with Crippen molar-refractivity contribution >= 4 is 28.4 Å². The molecule has 0 amide bonds. The van der Waals surface area contributed by atoms with E-state index in [1.165, 1.54) is 12.8 Å². The maximum atomic E-state index is 13.0. The van der Waals surface area contributed by atoms with E-state index in [-0.39, 0.29) is 5.56 Å². The predicted molar refractivity (Wildman–Crippen MR) is 136 cm³/mol. The van der Waals surface area contributed by atoms with E-state index in [9.17, 15) is 4.79 Å². The fourth-order valence-electron chi connectivity index (χ4n) is 4.80. The molecule has 0 aliphatic carbocycles. The highest BCUT2D eigenvalue weighted by atomic mass is 32.2. The second-order valence-corrected chi connectivity index (χ2v) is 9.60. The van der Waals surface area contributed by atoms with Crippen LogP contribution in [0.15, 0.2) is 64.5 Å². The van der Waals surface area contributed by atoms with E-state index < -0.39 is 0 Å². The molecule has 0 N–H and O–H groups in total. The molecule has 10 heteroatoms. The van der Waals surface area contributed by atoms with Crippen molar-refractivity contribution in [2.75, 3.05) is 13.1 Å². The van der Waals surface area contributed by atoms with Crippen molar-refractivity contribution in [3.05, 3.63) is 76.6 Å². The van der Waals surface area contributed by atoms with Gasteiger partial charge in [-0.1, -0.05) is 42.1 Å². The number of nitrogens with zero attached hydrogens (tertiary/aromatic N) is 8. The highest BCUT2D eigenvalue weighted by molar-refractivity contribution is 7.98. The zero-order valence-corrected chi connectivity index (χ0v) is 20.4. The summed E-state index contributed by atoms with van der Waals surface area (Å²) in [6, 6.07) is 17.9. The molecule has 3 aromatic heterocycles. The van der Waals surface area contributed by atoms with Gasteiger partial charge in [0.2, 0.25) is 5.78 Å². The number of rotatable bonds is 7. The van der Waals surface area contributed by atoms with Crippen molar-refractivity contribution < 1.29 is 0 Å². The number of aromatic nitrogens is 7. The standard InChI is InChI=1S/C25H26N8OS/c1-2-31-23(34)19-12-6-7-13-20(19)33-22(27-28-24(31)33)17-35-25-29-26-21(16-30-14-8-9-15-30)32(25)18-10-4-3-5-11-18/h3-7,10-13H,2,8-9,14-17H2,1H3. The minimum Gasteiger partial charge on any atom is -0.296 e. The number of hydrogen-bond acceptors (Lipinski definition) is 7. The Morgan fingerprint density at radius 1 is 0.886 bits per heavy atom. The first kappa shape index (κ1) is 22.0. The number of para-hydroxylation sites is 2. The van der Waals surface area contributed by atoms with Crippen molar-refractivity contribution in [2.45, 2.75) is 43.8 Å². The summed E-state index contributed by atoms with van der Waals surface area (Å²) >= 11 is 1.58. The van der Waals surface area contributed by atoms with Gasteiger partial charge in [0.15, 0.2) is 11.0 Å². The smallest absolute Gasteiger partial charge is 0.262 e. The Bertz CT molecular complexity index is 1550. The van der Waals surface area contributed by atoms with Crippen LogP contribution in [0.25, 0.3) is 22.4 Å². The lowest BCUT2D eigenvalue weighted by Gasteiger charge is -2.16. The van der Waals surface area contributed by atoms with Crippen LogP contribution in [0.2, 0.25) is 0 Å². The van der Waals surface area contributed by atoms with Crippen LogP contribution in [0.5, 0.6) is 0 Å². The molecule has 1 aliphatic heterocycles. The van der Waals surface area contributed by atoms with Gasteiger partial charge < -0.3 is 0 Å². The average molecular weight is 487 g/mol. The zero-order valence-electron chi connectivity index (χ0n) is 19.5. The first-order valence-electron chi connectivity index (χ1n) is 11.9. The Morgan fingerprint density at radius 3 is 2.43 bits per heavy atom. The molecule has 0 radical (unpaired) electrons. The Balaban J connectivity index is 1.39. The lowest BCUT2D eigenvalue weighted by Crippen LogP contribution is -2.22. The van der Waals surface area contributed by atoms with Gasteiger partial charge in [-0.2, -0.15) is 0 Å². The maximum absolute atomic E-state index is 13.0. The molecule has 1 aliphatic rings. The van der Waals surface area contributed by atoms with Gasteiger partial charge in [-0.15, -0.1) is 20.4 Å². The molecular formula is C25H26N8OS. The Labute approximate surface area is 206 Å². The number of likely N-dealkylation sites (tertiary alicyclic amines) is 1. The summed E-state index contributed by atoms with van der Waals surface area (Å²) in [5.74, 6) is 2.82. The van der Waals surface area contributed by atoms with Crippen LogP contribution in [0, 0.1) is 0 Å². The van der Waals surface area contributed by atoms with E-state index in [1.807, 2.05) is 53.8 Å². The van der Waals surface area contributed by atoms with E-state index in [0.717, 1.165) is 47.6 Å². The normalized spacial score (nSPS) is 14.4. The van der Waals surface area contributed by atoms with Crippen molar-refractivity contribution in [1.82, 2.24) is 38.8 Å². The van der Waals surface area contributed by atoms with Crippen molar-refractivity contribution in [3.8, 4) is 5.69 Å². The molecule has 6 rings (SSSR count). The van der Waals surface area contributed by atoms with Gasteiger partial charge in [0.05, 0.1) is 23.2 Å². The Hall–Kier alpha value is -3.50. The second-order valence-electron chi connectivity index (χ2n) is 8.66. The van der Waals surface area contributed by atoms with Gasteiger partial charge in [-0.3, -0.25) is 23.2 Å². The lowest BCUT2D eigenvalue weighted by molar-refractivity contribution is 0.319. The van der Waals surface area contributed by atoms with Gasteiger partial charge in [0, 0.05) is 12.2 Å². The molecule has 4 heterocycles. The summed E-state index contributed by atoms with van der Waals surface area (Å²) < 4.78 is 5.80. The summed E-state index contributed by atoms with van der Waals surface area (Å²) in [7, 11) is 0. The maximum Gasteiger partial charge on any atom is 0.262 e. The summed E-state index contributed by atoms with van der Waals surface area (Å²) in [5.41, 5.74) is 1.82. The minimum absolute atomic E-state index is 0.0439. The number of benzene rings is 2. The fourth-order valence-corrected chi connectivity index (χ4v) is 5.68. The molecule has 35 heavy (non-hydrogen) atoms. The Kier molecular flexibility index (Phi) is 5.83. The summed E-state index contributed by atoms with van der Waals surface area (Å²) in [6.45, 7) is 5.46. The van der Waals surface area contributed by atoms with Crippen molar-refractivity contribution in [3.63, 3.8) is 0 Å². The van der Waals surface area contributed by atoms with Gasteiger partial charge in [0.1, 0.15) is 5.82 Å². The SMILES string of the molecule is CCn1c(=O)c2ccccc2n2c(CSc3nnc(CN4CCCC4)n3-c3ccccc3)nnc12. The van der Waals surface area contributed by atoms with Gasteiger partial charge in [-0.05, 0) is 57.1 Å². The topological polar surface area (TPSA) is 86.1 Å². The zero-order chi connectivity index (χ0) is 23.8. The van der Waals surface area contributed by atoms with Crippen LogP contribution in [0.1, 0.15) is 31.4 Å². The number of thioether (sulfide) groups is 1. The number of aryl methyl sites for hydroxylation is 1. The molecule has 0 saturated carbocycles. The first-order valence-corrected chi connectivity index (χ1v) is 12.9. The van der Waals surface area contributed by atoms with E-state index >= 15 is 0 Å². The summed E-state index contributed by atoms with van der Waals surface area (Å²) in [5, 5.41) is 19.5. The van der Waals surface area contributed by atoms with Crippen LogP contribution in [0.4, 0.5) is 0 Å². The quantitative estimate of drug-likeness (QED) is 0.325. The molecule has 0 unspecified atom stereocenters. The van der Waals surface area contributed by atoms with Gasteiger partial charge >= 0.3 is 0 Å². The van der Waals surface area contributed by atoms with Crippen LogP contribution < -0.4 is 5.56 Å². The number of fused-ring (bicyclic) bond motifs is 3. The molecule has 9 nitrogen and oxygen atoms in total.